The fourth-order valence-corrected chi connectivity index (χ4v) is 5.51. The minimum Gasteiger partial charge on any atom is -0.507 e. The third-order valence-electron chi connectivity index (χ3n) is 6.64. The van der Waals surface area contributed by atoms with Gasteiger partial charge in [-0.1, -0.05) is 56.4 Å². The van der Waals surface area contributed by atoms with E-state index in [0.717, 1.165) is 28.9 Å². The number of Topliss-reactive ketones (excluding diaryl/α,β-unsaturated/α-hetero) is 1. The Morgan fingerprint density at radius 1 is 1.13 bits per heavy atom. The van der Waals surface area contributed by atoms with Crippen LogP contribution in [0.1, 0.15) is 76.8 Å². The summed E-state index contributed by atoms with van der Waals surface area (Å²) >= 11 is 0.970. The zero-order chi connectivity index (χ0) is 28.4. The standard InChI is InChI=1S/C30H32N2O6S/c1-7-14-38-22-13-12-21(15-17(22)4)25(33)23-24(20-10-8-19(9-11-20)16(2)3)32(28(35)26(23)34)30-31-18(5)27(39-30)29(36)37-6/h8-13,15-16,24,33H,7,14H2,1-6H3/b25-23+. The second kappa shape index (κ2) is 11.4. The number of carbonyl (C=O) groups is 3. The van der Waals surface area contributed by atoms with Gasteiger partial charge in [-0.3, -0.25) is 14.5 Å². The summed E-state index contributed by atoms with van der Waals surface area (Å²) < 4.78 is 10.6. The van der Waals surface area contributed by atoms with Crippen LogP contribution in [0.4, 0.5) is 5.13 Å². The number of thiazole rings is 1. The molecule has 204 valence electrons. The average molecular weight is 549 g/mol. The molecule has 1 aromatic heterocycles. The Balaban J connectivity index is 1.89. The van der Waals surface area contributed by atoms with E-state index in [-0.39, 0.29) is 27.3 Å². The highest BCUT2D eigenvalue weighted by Crippen LogP contribution is 2.44. The van der Waals surface area contributed by atoms with Gasteiger partial charge in [0.15, 0.2) is 5.13 Å². The highest BCUT2D eigenvalue weighted by Gasteiger charge is 2.48. The molecule has 0 saturated carbocycles. The number of hydrogen-bond acceptors (Lipinski definition) is 8. The molecule has 1 atom stereocenters. The lowest BCUT2D eigenvalue weighted by Gasteiger charge is -2.23. The predicted molar refractivity (Wildman–Crippen MR) is 150 cm³/mol. The van der Waals surface area contributed by atoms with Crippen molar-refractivity contribution in [3.63, 3.8) is 0 Å². The van der Waals surface area contributed by atoms with Gasteiger partial charge >= 0.3 is 11.9 Å². The van der Waals surface area contributed by atoms with E-state index >= 15 is 0 Å². The van der Waals surface area contributed by atoms with Crippen molar-refractivity contribution in [1.29, 1.82) is 0 Å². The van der Waals surface area contributed by atoms with Crippen molar-refractivity contribution >= 4 is 39.9 Å². The van der Waals surface area contributed by atoms with Gasteiger partial charge < -0.3 is 14.6 Å². The minimum absolute atomic E-state index is 0.0496. The van der Waals surface area contributed by atoms with E-state index in [9.17, 15) is 19.5 Å². The summed E-state index contributed by atoms with van der Waals surface area (Å²) in [7, 11) is 1.27. The number of rotatable bonds is 8. The number of ketones is 1. The zero-order valence-electron chi connectivity index (χ0n) is 22.9. The molecule has 0 aliphatic carbocycles. The Labute approximate surface area is 231 Å². The van der Waals surface area contributed by atoms with E-state index in [1.807, 2.05) is 38.1 Å². The number of methoxy groups -OCH3 is 1. The number of hydrogen-bond donors (Lipinski definition) is 1. The van der Waals surface area contributed by atoms with Gasteiger partial charge in [0, 0.05) is 5.56 Å². The molecule has 2 heterocycles. The van der Waals surface area contributed by atoms with Crippen LogP contribution in [0.25, 0.3) is 5.76 Å². The highest BCUT2D eigenvalue weighted by atomic mass is 32.1. The van der Waals surface area contributed by atoms with Crippen molar-refractivity contribution < 1.29 is 29.0 Å². The molecule has 1 unspecified atom stereocenters. The molecule has 39 heavy (non-hydrogen) atoms. The number of anilines is 1. The number of nitrogens with zero attached hydrogens (tertiary/aromatic N) is 2. The summed E-state index contributed by atoms with van der Waals surface area (Å²) in [4.78, 5) is 45.2. The van der Waals surface area contributed by atoms with Gasteiger partial charge in [0.1, 0.15) is 16.4 Å². The third kappa shape index (κ3) is 5.31. The van der Waals surface area contributed by atoms with Crippen LogP contribution in [0.3, 0.4) is 0 Å². The number of benzene rings is 2. The van der Waals surface area contributed by atoms with Gasteiger partial charge in [0.2, 0.25) is 0 Å². The number of aliphatic hydroxyl groups is 1. The molecule has 1 aliphatic heterocycles. The molecule has 1 saturated heterocycles. The third-order valence-corrected chi connectivity index (χ3v) is 7.77. The second-order valence-corrected chi connectivity index (χ2v) is 10.7. The summed E-state index contributed by atoms with van der Waals surface area (Å²) in [5.41, 5.74) is 3.24. The molecule has 9 heteroatoms. The number of aliphatic hydroxyl groups excluding tert-OH is 1. The smallest absolute Gasteiger partial charge is 0.350 e. The first-order valence-corrected chi connectivity index (χ1v) is 13.6. The van der Waals surface area contributed by atoms with Crippen LogP contribution in [0.5, 0.6) is 5.75 Å². The van der Waals surface area contributed by atoms with E-state index in [1.54, 1.807) is 25.1 Å². The van der Waals surface area contributed by atoms with E-state index in [0.29, 0.717) is 29.2 Å². The molecule has 8 nitrogen and oxygen atoms in total. The zero-order valence-corrected chi connectivity index (χ0v) is 23.7. The second-order valence-electron chi connectivity index (χ2n) is 9.72. The van der Waals surface area contributed by atoms with E-state index in [4.69, 9.17) is 9.47 Å². The summed E-state index contributed by atoms with van der Waals surface area (Å²) in [6.45, 7) is 10.2. The molecule has 1 amide bonds. The first kappa shape index (κ1) is 28.0. The Kier molecular flexibility index (Phi) is 8.20. The first-order valence-electron chi connectivity index (χ1n) is 12.8. The van der Waals surface area contributed by atoms with Gasteiger partial charge in [-0.25, -0.2) is 9.78 Å². The van der Waals surface area contributed by atoms with Crippen LogP contribution in [0.2, 0.25) is 0 Å². The molecule has 1 fully saturated rings. The van der Waals surface area contributed by atoms with Crippen molar-refractivity contribution in [1.82, 2.24) is 4.98 Å². The Bertz CT molecular complexity index is 1450. The molecule has 3 aromatic rings. The van der Waals surface area contributed by atoms with Crippen LogP contribution in [0, 0.1) is 13.8 Å². The fourth-order valence-electron chi connectivity index (χ4n) is 4.50. The van der Waals surface area contributed by atoms with Crippen LogP contribution in [0.15, 0.2) is 48.0 Å². The van der Waals surface area contributed by atoms with Gasteiger partial charge in [0.25, 0.3) is 5.78 Å². The van der Waals surface area contributed by atoms with Crippen molar-refractivity contribution in [3.8, 4) is 5.75 Å². The fraction of sp³-hybridized carbons (Fsp3) is 0.333. The number of carbonyl (C=O) groups excluding carboxylic acids is 3. The number of aromatic nitrogens is 1. The van der Waals surface area contributed by atoms with Crippen molar-refractivity contribution in [2.45, 2.75) is 53.0 Å². The number of aryl methyl sites for hydroxylation is 2. The quantitative estimate of drug-likeness (QED) is 0.157. The molecule has 0 radical (unpaired) electrons. The van der Waals surface area contributed by atoms with Crippen LogP contribution >= 0.6 is 11.3 Å². The maximum Gasteiger partial charge on any atom is 0.350 e. The number of amides is 1. The Morgan fingerprint density at radius 2 is 1.82 bits per heavy atom. The average Bonchev–Trinajstić information content (AvgIpc) is 3.43. The van der Waals surface area contributed by atoms with Crippen LogP contribution < -0.4 is 9.64 Å². The lowest BCUT2D eigenvalue weighted by molar-refractivity contribution is -0.132. The van der Waals surface area contributed by atoms with E-state index in [1.165, 1.54) is 12.0 Å². The van der Waals surface area contributed by atoms with E-state index in [2.05, 4.69) is 18.8 Å². The van der Waals surface area contributed by atoms with Gasteiger partial charge in [-0.2, -0.15) is 0 Å². The Morgan fingerprint density at radius 3 is 2.41 bits per heavy atom. The van der Waals surface area contributed by atoms with Crippen LogP contribution in [-0.4, -0.2) is 41.5 Å². The molecule has 0 bridgehead atoms. The number of esters is 1. The first-order chi connectivity index (χ1) is 18.6. The summed E-state index contributed by atoms with van der Waals surface area (Å²) in [5.74, 6) is -1.57. The highest BCUT2D eigenvalue weighted by molar-refractivity contribution is 7.17. The topological polar surface area (TPSA) is 106 Å². The number of ether oxygens (including phenoxy) is 2. The Hall–Kier alpha value is -3.98. The van der Waals surface area contributed by atoms with Gasteiger partial charge in [0.05, 0.1) is 31.0 Å². The summed E-state index contributed by atoms with van der Waals surface area (Å²) in [5, 5.41) is 11.6. The predicted octanol–water partition coefficient (Wildman–Crippen LogP) is 6.09. The molecule has 0 spiro atoms. The summed E-state index contributed by atoms with van der Waals surface area (Å²) in [6.07, 6.45) is 0.855. The van der Waals surface area contributed by atoms with Crippen LogP contribution in [-0.2, 0) is 14.3 Å². The molecule has 1 aliphatic rings. The molecule has 2 aromatic carbocycles. The maximum atomic E-state index is 13.5. The molecule has 1 N–H and O–H groups in total. The normalized spacial score (nSPS) is 16.7. The lowest BCUT2D eigenvalue weighted by atomic mass is 9.93. The van der Waals surface area contributed by atoms with E-state index < -0.39 is 23.7 Å². The van der Waals surface area contributed by atoms with Gasteiger partial charge in [-0.05, 0) is 61.1 Å². The largest absolute Gasteiger partial charge is 0.507 e. The SMILES string of the molecule is CCCOc1ccc(/C(O)=C2\C(=O)C(=O)N(c3nc(C)c(C(=O)OC)s3)C2c2ccc(C(C)C)cc2)cc1C. The monoisotopic (exact) mass is 548 g/mol. The van der Waals surface area contributed by atoms with Crippen molar-refractivity contribution in [3.05, 3.63) is 80.9 Å². The van der Waals surface area contributed by atoms with Crippen molar-refractivity contribution in [2.24, 2.45) is 0 Å². The summed E-state index contributed by atoms with van der Waals surface area (Å²) in [6, 6.07) is 11.8. The maximum absolute atomic E-state index is 13.5. The minimum atomic E-state index is -0.946. The molecular formula is C30H32N2O6S. The molecule has 4 rings (SSSR count). The molecular weight excluding hydrogens is 516 g/mol. The van der Waals surface area contributed by atoms with Crippen molar-refractivity contribution in [2.75, 3.05) is 18.6 Å². The van der Waals surface area contributed by atoms with Gasteiger partial charge in [-0.15, -0.1) is 0 Å². The lowest BCUT2D eigenvalue weighted by Crippen LogP contribution is -2.29.